The van der Waals surface area contributed by atoms with E-state index in [4.69, 9.17) is 11.6 Å². The molecule has 1 saturated carbocycles. The first-order valence-corrected chi connectivity index (χ1v) is 6.45. The van der Waals surface area contributed by atoms with Crippen LogP contribution < -0.4 is 0 Å². The molecular weight excluding hydrogens is 252 g/mol. The molecule has 0 spiro atoms. The zero-order valence-electron chi connectivity index (χ0n) is 9.77. The fourth-order valence-corrected chi connectivity index (χ4v) is 2.87. The van der Waals surface area contributed by atoms with Crippen molar-refractivity contribution in [2.45, 2.75) is 31.6 Å². The van der Waals surface area contributed by atoms with Gasteiger partial charge in [0, 0.05) is 12.1 Å². The lowest BCUT2D eigenvalue weighted by molar-refractivity contribution is 0.0693. The van der Waals surface area contributed by atoms with Crippen LogP contribution in [-0.2, 0) is 0 Å². The Morgan fingerprint density at radius 1 is 1.39 bits per heavy atom. The van der Waals surface area contributed by atoms with Gasteiger partial charge in [-0.3, -0.25) is 0 Å². The number of imidazole rings is 1. The number of carbonyl (C=O) groups is 1. The smallest absolute Gasteiger partial charge is 0.356 e. The van der Waals surface area contributed by atoms with Gasteiger partial charge in [0.25, 0.3) is 0 Å². The van der Waals surface area contributed by atoms with Crippen LogP contribution >= 0.6 is 11.6 Å². The first-order valence-electron chi connectivity index (χ1n) is 6.07. The molecule has 0 bridgehead atoms. The number of halogens is 1. The second-order valence-corrected chi connectivity index (χ2v) is 5.14. The minimum Gasteiger partial charge on any atom is -0.476 e. The van der Waals surface area contributed by atoms with Crippen molar-refractivity contribution < 1.29 is 9.90 Å². The van der Waals surface area contributed by atoms with Crippen molar-refractivity contribution >= 4 is 23.1 Å². The quantitative estimate of drug-likeness (QED) is 0.905. The SMILES string of the molecule is O=C(O)c1nc(C2CCCC2)n2cc(Cl)ccc12. The highest BCUT2D eigenvalue weighted by Gasteiger charge is 2.25. The molecule has 0 unspecified atom stereocenters. The number of carboxylic acid groups (broad SMARTS) is 1. The van der Waals surface area contributed by atoms with Crippen LogP contribution in [0.4, 0.5) is 0 Å². The van der Waals surface area contributed by atoms with E-state index in [2.05, 4.69) is 4.98 Å². The van der Waals surface area contributed by atoms with Crippen LogP contribution in [0.15, 0.2) is 18.3 Å². The fraction of sp³-hybridized carbons (Fsp3) is 0.385. The van der Waals surface area contributed by atoms with Crippen molar-refractivity contribution in [1.29, 1.82) is 0 Å². The molecule has 3 rings (SSSR count). The maximum atomic E-state index is 11.2. The van der Waals surface area contributed by atoms with E-state index in [-0.39, 0.29) is 5.69 Å². The molecule has 0 saturated heterocycles. The standard InChI is InChI=1S/C13H13ClN2O2/c14-9-5-6-10-11(13(17)18)15-12(16(10)7-9)8-3-1-2-4-8/h5-8H,1-4H2,(H,17,18). The zero-order chi connectivity index (χ0) is 12.7. The fourth-order valence-electron chi connectivity index (χ4n) is 2.71. The molecule has 94 valence electrons. The van der Waals surface area contributed by atoms with Gasteiger partial charge in [-0.1, -0.05) is 24.4 Å². The summed E-state index contributed by atoms with van der Waals surface area (Å²) in [7, 11) is 0. The molecule has 0 aromatic carbocycles. The second kappa shape index (κ2) is 4.28. The highest BCUT2D eigenvalue weighted by Crippen LogP contribution is 2.34. The molecule has 0 atom stereocenters. The normalized spacial score (nSPS) is 16.5. The van der Waals surface area contributed by atoms with E-state index >= 15 is 0 Å². The van der Waals surface area contributed by atoms with Crippen molar-refractivity contribution in [3.63, 3.8) is 0 Å². The van der Waals surface area contributed by atoms with Gasteiger partial charge in [-0.05, 0) is 25.0 Å². The molecule has 1 fully saturated rings. The summed E-state index contributed by atoms with van der Waals surface area (Å²) in [6.07, 6.45) is 6.27. The summed E-state index contributed by atoms with van der Waals surface area (Å²) in [6, 6.07) is 3.42. The Labute approximate surface area is 109 Å². The Balaban J connectivity index is 2.23. The molecule has 1 aliphatic rings. The van der Waals surface area contributed by atoms with Crippen LogP contribution in [-0.4, -0.2) is 20.5 Å². The third-order valence-electron chi connectivity index (χ3n) is 3.55. The van der Waals surface area contributed by atoms with Crippen LogP contribution in [0.1, 0.15) is 47.9 Å². The number of aromatic nitrogens is 2. The molecule has 5 heteroatoms. The lowest BCUT2D eigenvalue weighted by Gasteiger charge is -2.07. The summed E-state index contributed by atoms with van der Waals surface area (Å²) in [6.45, 7) is 0. The highest BCUT2D eigenvalue weighted by molar-refractivity contribution is 6.30. The van der Waals surface area contributed by atoms with Gasteiger partial charge in [-0.25, -0.2) is 9.78 Å². The molecule has 18 heavy (non-hydrogen) atoms. The monoisotopic (exact) mass is 264 g/mol. The molecule has 1 N–H and O–H groups in total. The molecule has 0 aliphatic heterocycles. The van der Waals surface area contributed by atoms with Crippen molar-refractivity contribution in [2.75, 3.05) is 0 Å². The Morgan fingerprint density at radius 2 is 2.11 bits per heavy atom. The van der Waals surface area contributed by atoms with E-state index in [1.807, 2.05) is 4.40 Å². The lowest BCUT2D eigenvalue weighted by atomic mass is 10.1. The third kappa shape index (κ3) is 1.77. The van der Waals surface area contributed by atoms with Crippen molar-refractivity contribution in [3.05, 3.63) is 34.9 Å². The molecule has 2 aromatic rings. The van der Waals surface area contributed by atoms with Crippen LogP contribution in [0.3, 0.4) is 0 Å². The summed E-state index contributed by atoms with van der Waals surface area (Å²) < 4.78 is 1.84. The first-order chi connectivity index (χ1) is 8.66. The predicted octanol–water partition coefficient (Wildman–Crippen LogP) is 3.34. The Bertz CT molecular complexity index is 615. The van der Waals surface area contributed by atoms with E-state index in [9.17, 15) is 9.90 Å². The van der Waals surface area contributed by atoms with Gasteiger partial charge in [0.2, 0.25) is 0 Å². The van der Waals surface area contributed by atoms with Crippen molar-refractivity contribution in [3.8, 4) is 0 Å². The van der Waals surface area contributed by atoms with Gasteiger partial charge in [0.1, 0.15) is 5.82 Å². The number of pyridine rings is 1. The van der Waals surface area contributed by atoms with Crippen molar-refractivity contribution in [2.24, 2.45) is 0 Å². The van der Waals surface area contributed by atoms with Crippen LogP contribution in [0, 0.1) is 0 Å². The molecule has 0 radical (unpaired) electrons. The molecule has 2 heterocycles. The van der Waals surface area contributed by atoms with E-state index in [0.29, 0.717) is 16.5 Å². The zero-order valence-corrected chi connectivity index (χ0v) is 10.5. The Morgan fingerprint density at radius 3 is 2.78 bits per heavy atom. The minimum absolute atomic E-state index is 0.119. The molecule has 0 amide bonds. The number of fused-ring (bicyclic) bond motifs is 1. The van der Waals surface area contributed by atoms with E-state index in [1.54, 1.807) is 18.3 Å². The summed E-state index contributed by atoms with van der Waals surface area (Å²) >= 11 is 5.99. The van der Waals surface area contributed by atoms with Crippen LogP contribution in [0.5, 0.6) is 0 Å². The van der Waals surface area contributed by atoms with Gasteiger partial charge in [0.05, 0.1) is 10.5 Å². The van der Waals surface area contributed by atoms with Crippen LogP contribution in [0.25, 0.3) is 5.52 Å². The van der Waals surface area contributed by atoms with Gasteiger partial charge in [0.15, 0.2) is 5.69 Å². The van der Waals surface area contributed by atoms with Gasteiger partial charge in [-0.15, -0.1) is 0 Å². The Kier molecular flexibility index (Phi) is 2.74. The average Bonchev–Trinajstić information content (AvgIpc) is 2.93. The van der Waals surface area contributed by atoms with Crippen LogP contribution in [0.2, 0.25) is 5.02 Å². The average molecular weight is 265 g/mol. The molecule has 2 aromatic heterocycles. The lowest BCUT2D eigenvalue weighted by Crippen LogP contribution is -2.00. The van der Waals surface area contributed by atoms with E-state index < -0.39 is 5.97 Å². The molecule has 4 nitrogen and oxygen atoms in total. The summed E-state index contributed by atoms with van der Waals surface area (Å²) in [5.74, 6) is 0.200. The predicted molar refractivity (Wildman–Crippen MR) is 68.4 cm³/mol. The van der Waals surface area contributed by atoms with E-state index in [0.717, 1.165) is 18.7 Å². The number of hydrogen-bond acceptors (Lipinski definition) is 2. The second-order valence-electron chi connectivity index (χ2n) is 4.71. The minimum atomic E-state index is -0.987. The maximum absolute atomic E-state index is 11.2. The Hall–Kier alpha value is -1.55. The van der Waals surface area contributed by atoms with Gasteiger partial charge < -0.3 is 9.51 Å². The highest BCUT2D eigenvalue weighted by atomic mass is 35.5. The maximum Gasteiger partial charge on any atom is 0.356 e. The molecular formula is C13H13ClN2O2. The summed E-state index contributed by atoms with van der Waals surface area (Å²) in [5, 5.41) is 9.79. The number of nitrogens with zero attached hydrogens (tertiary/aromatic N) is 2. The van der Waals surface area contributed by atoms with Gasteiger partial charge in [-0.2, -0.15) is 0 Å². The topological polar surface area (TPSA) is 54.6 Å². The number of carboxylic acids is 1. The van der Waals surface area contributed by atoms with E-state index in [1.165, 1.54) is 12.8 Å². The number of aromatic carboxylic acids is 1. The third-order valence-corrected chi connectivity index (χ3v) is 3.77. The summed E-state index contributed by atoms with van der Waals surface area (Å²) in [4.78, 5) is 15.5. The largest absolute Gasteiger partial charge is 0.476 e. The molecule has 1 aliphatic carbocycles. The van der Waals surface area contributed by atoms with Crippen molar-refractivity contribution in [1.82, 2.24) is 9.38 Å². The number of hydrogen-bond donors (Lipinski definition) is 1. The summed E-state index contributed by atoms with van der Waals surface area (Å²) in [5.41, 5.74) is 0.738. The number of rotatable bonds is 2. The van der Waals surface area contributed by atoms with Gasteiger partial charge >= 0.3 is 5.97 Å². The first kappa shape index (κ1) is 11.5.